The molecule has 3 aromatic rings. The molecule has 0 radical (unpaired) electrons. The Labute approximate surface area is 124 Å². The van der Waals surface area contributed by atoms with E-state index in [4.69, 9.17) is 4.74 Å². The first kappa shape index (κ1) is 12.6. The van der Waals surface area contributed by atoms with Crippen LogP contribution >= 0.6 is 15.9 Å². The van der Waals surface area contributed by atoms with Gasteiger partial charge in [0.25, 0.3) is 0 Å². The van der Waals surface area contributed by atoms with Crippen molar-refractivity contribution in [2.45, 2.75) is 0 Å². The summed E-state index contributed by atoms with van der Waals surface area (Å²) in [6.45, 7) is 0. The quantitative estimate of drug-likeness (QED) is 0.688. The third-order valence-electron chi connectivity index (χ3n) is 2.82. The highest BCUT2D eigenvalue weighted by molar-refractivity contribution is 9.10. The van der Waals surface area contributed by atoms with Gasteiger partial charge >= 0.3 is 0 Å². The standard InChI is InChI=1S/C16H9BrN2O/c17-13-5-3-6-14(9-13)20-16-12(10-18)8-11-4-1-2-7-15(11)19-16/h1-9H. The topological polar surface area (TPSA) is 45.9 Å². The maximum absolute atomic E-state index is 9.23. The lowest BCUT2D eigenvalue weighted by Gasteiger charge is -2.08. The van der Waals surface area contributed by atoms with Gasteiger partial charge in [-0.15, -0.1) is 0 Å². The summed E-state index contributed by atoms with van der Waals surface area (Å²) in [4.78, 5) is 4.41. The lowest BCUT2D eigenvalue weighted by atomic mass is 10.1. The van der Waals surface area contributed by atoms with Crippen LogP contribution in [0.4, 0.5) is 0 Å². The molecule has 20 heavy (non-hydrogen) atoms. The van der Waals surface area contributed by atoms with Gasteiger partial charge in [0.05, 0.1) is 5.52 Å². The van der Waals surface area contributed by atoms with Crippen LogP contribution in [0.3, 0.4) is 0 Å². The minimum Gasteiger partial charge on any atom is -0.438 e. The molecule has 0 atom stereocenters. The second kappa shape index (κ2) is 5.32. The Kier molecular flexibility index (Phi) is 3.36. The fraction of sp³-hybridized carbons (Fsp3) is 0. The summed E-state index contributed by atoms with van der Waals surface area (Å²) in [5.41, 5.74) is 1.22. The number of hydrogen-bond acceptors (Lipinski definition) is 3. The second-order valence-corrected chi connectivity index (χ2v) is 5.12. The van der Waals surface area contributed by atoms with E-state index in [0.717, 1.165) is 15.4 Å². The molecule has 0 amide bonds. The van der Waals surface area contributed by atoms with Gasteiger partial charge in [-0.2, -0.15) is 5.26 Å². The molecular weight excluding hydrogens is 316 g/mol. The molecule has 0 saturated carbocycles. The lowest BCUT2D eigenvalue weighted by Crippen LogP contribution is -1.93. The highest BCUT2D eigenvalue weighted by atomic mass is 79.9. The number of benzene rings is 2. The summed E-state index contributed by atoms with van der Waals surface area (Å²) in [6.07, 6.45) is 0. The number of ether oxygens (including phenoxy) is 1. The van der Waals surface area contributed by atoms with Crippen molar-refractivity contribution in [1.82, 2.24) is 4.98 Å². The fourth-order valence-corrected chi connectivity index (χ4v) is 2.28. The average Bonchev–Trinajstić information content (AvgIpc) is 2.46. The maximum Gasteiger partial charge on any atom is 0.237 e. The molecule has 4 heteroatoms. The first-order chi connectivity index (χ1) is 9.76. The van der Waals surface area contributed by atoms with Crippen LogP contribution < -0.4 is 4.74 Å². The van der Waals surface area contributed by atoms with E-state index in [1.807, 2.05) is 48.5 Å². The van der Waals surface area contributed by atoms with Gasteiger partial charge in [0.1, 0.15) is 17.4 Å². The van der Waals surface area contributed by atoms with Crippen LogP contribution in [0, 0.1) is 11.3 Å². The Morgan fingerprint density at radius 2 is 1.90 bits per heavy atom. The largest absolute Gasteiger partial charge is 0.438 e. The summed E-state index contributed by atoms with van der Waals surface area (Å²) in [5, 5.41) is 10.2. The van der Waals surface area contributed by atoms with Gasteiger partial charge in [0.2, 0.25) is 5.88 Å². The van der Waals surface area contributed by atoms with Gasteiger partial charge in [-0.05, 0) is 30.3 Å². The van der Waals surface area contributed by atoms with E-state index in [2.05, 4.69) is 27.0 Å². The zero-order valence-corrected chi connectivity index (χ0v) is 12.0. The molecule has 0 spiro atoms. The molecule has 0 fully saturated rings. The van der Waals surface area contributed by atoms with Crippen LogP contribution in [0.2, 0.25) is 0 Å². The summed E-state index contributed by atoms with van der Waals surface area (Å²) < 4.78 is 6.64. The molecule has 3 nitrogen and oxygen atoms in total. The van der Waals surface area contributed by atoms with E-state index in [1.165, 1.54) is 0 Å². The second-order valence-electron chi connectivity index (χ2n) is 4.21. The van der Waals surface area contributed by atoms with Crippen LogP contribution in [0.5, 0.6) is 11.6 Å². The zero-order valence-electron chi connectivity index (χ0n) is 10.4. The van der Waals surface area contributed by atoms with Crippen molar-refractivity contribution in [3.63, 3.8) is 0 Å². The first-order valence-corrected chi connectivity index (χ1v) is 6.79. The molecule has 0 bridgehead atoms. The van der Waals surface area contributed by atoms with Crippen molar-refractivity contribution < 1.29 is 4.74 Å². The molecule has 0 N–H and O–H groups in total. The number of rotatable bonds is 2. The number of hydrogen-bond donors (Lipinski definition) is 0. The van der Waals surface area contributed by atoms with Gasteiger partial charge in [-0.1, -0.05) is 40.2 Å². The van der Waals surface area contributed by atoms with Gasteiger partial charge in [-0.3, -0.25) is 0 Å². The van der Waals surface area contributed by atoms with Crippen LogP contribution in [0.25, 0.3) is 10.9 Å². The monoisotopic (exact) mass is 324 g/mol. The number of nitrogens with zero attached hydrogens (tertiary/aromatic N) is 2. The Bertz CT molecular complexity index is 824. The molecule has 0 saturated heterocycles. The van der Waals surface area contributed by atoms with Gasteiger partial charge in [0, 0.05) is 9.86 Å². The van der Waals surface area contributed by atoms with E-state index >= 15 is 0 Å². The smallest absolute Gasteiger partial charge is 0.237 e. The molecule has 1 aromatic heterocycles. The van der Waals surface area contributed by atoms with E-state index in [0.29, 0.717) is 17.2 Å². The summed E-state index contributed by atoms with van der Waals surface area (Å²) in [5.74, 6) is 0.961. The third kappa shape index (κ3) is 2.49. The molecular formula is C16H9BrN2O. The Morgan fingerprint density at radius 1 is 1.05 bits per heavy atom. The Balaban J connectivity index is 2.08. The lowest BCUT2D eigenvalue weighted by molar-refractivity contribution is 0.463. The average molecular weight is 325 g/mol. The molecule has 0 unspecified atom stereocenters. The molecule has 1 heterocycles. The highest BCUT2D eigenvalue weighted by Gasteiger charge is 2.09. The predicted octanol–water partition coefficient (Wildman–Crippen LogP) is 4.66. The minimum atomic E-state index is 0.323. The van der Waals surface area contributed by atoms with Crippen molar-refractivity contribution in [3.05, 3.63) is 64.6 Å². The Hall–Kier alpha value is -2.38. The summed E-state index contributed by atoms with van der Waals surface area (Å²) >= 11 is 3.39. The Morgan fingerprint density at radius 3 is 2.70 bits per heavy atom. The number of aromatic nitrogens is 1. The summed E-state index contributed by atoms with van der Waals surface area (Å²) in [6, 6.07) is 19.0. The SMILES string of the molecule is N#Cc1cc2ccccc2nc1Oc1cccc(Br)c1. The predicted molar refractivity (Wildman–Crippen MR) is 80.7 cm³/mol. The molecule has 0 aliphatic carbocycles. The number of nitriles is 1. The van der Waals surface area contributed by atoms with Gasteiger partial charge in [0.15, 0.2) is 0 Å². The molecule has 0 aliphatic heterocycles. The first-order valence-electron chi connectivity index (χ1n) is 5.99. The molecule has 96 valence electrons. The van der Waals surface area contributed by atoms with Crippen LogP contribution in [-0.4, -0.2) is 4.98 Å². The van der Waals surface area contributed by atoms with Crippen LogP contribution in [0.15, 0.2) is 59.1 Å². The molecule has 0 aliphatic rings. The molecule has 2 aromatic carbocycles. The van der Waals surface area contributed by atoms with Crippen LogP contribution in [-0.2, 0) is 0 Å². The van der Waals surface area contributed by atoms with E-state index in [1.54, 1.807) is 6.07 Å². The fourth-order valence-electron chi connectivity index (χ4n) is 1.90. The maximum atomic E-state index is 9.23. The van der Waals surface area contributed by atoms with Gasteiger partial charge in [-0.25, -0.2) is 4.98 Å². The number of fused-ring (bicyclic) bond motifs is 1. The van der Waals surface area contributed by atoms with Crippen molar-refractivity contribution >= 4 is 26.8 Å². The number of para-hydroxylation sites is 1. The van der Waals surface area contributed by atoms with E-state index < -0.39 is 0 Å². The highest BCUT2D eigenvalue weighted by Crippen LogP contribution is 2.27. The van der Waals surface area contributed by atoms with Crippen molar-refractivity contribution in [2.75, 3.05) is 0 Å². The number of pyridine rings is 1. The van der Waals surface area contributed by atoms with Crippen LogP contribution in [0.1, 0.15) is 5.56 Å². The summed E-state index contributed by atoms with van der Waals surface area (Å²) in [7, 11) is 0. The normalized spacial score (nSPS) is 10.2. The van der Waals surface area contributed by atoms with E-state index in [9.17, 15) is 5.26 Å². The minimum absolute atomic E-state index is 0.323. The zero-order chi connectivity index (χ0) is 13.9. The molecule has 3 rings (SSSR count). The van der Waals surface area contributed by atoms with Crippen molar-refractivity contribution in [3.8, 4) is 17.7 Å². The van der Waals surface area contributed by atoms with E-state index in [-0.39, 0.29) is 0 Å². The number of halogens is 1. The van der Waals surface area contributed by atoms with Crippen molar-refractivity contribution in [1.29, 1.82) is 5.26 Å². The van der Waals surface area contributed by atoms with Crippen molar-refractivity contribution in [2.24, 2.45) is 0 Å². The third-order valence-corrected chi connectivity index (χ3v) is 3.31. The van der Waals surface area contributed by atoms with Gasteiger partial charge < -0.3 is 4.74 Å².